The highest BCUT2D eigenvalue weighted by Crippen LogP contribution is 2.36. The van der Waals surface area contributed by atoms with Crippen LogP contribution in [0.3, 0.4) is 0 Å². The van der Waals surface area contributed by atoms with E-state index in [1.165, 1.54) is 12.0 Å². The average molecular weight is 208 g/mol. The third kappa shape index (κ3) is 1.61. The Labute approximate surface area is 87.4 Å². The molecular formula is C10H12N2O3. The van der Waals surface area contributed by atoms with Crippen molar-refractivity contribution < 1.29 is 14.3 Å². The minimum absolute atomic E-state index is 0.0276. The van der Waals surface area contributed by atoms with Gasteiger partial charge in [0.15, 0.2) is 6.61 Å². The molecule has 0 saturated heterocycles. The van der Waals surface area contributed by atoms with Gasteiger partial charge in [-0.3, -0.25) is 9.69 Å². The highest BCUT2D eigenvalue weighted by Gasteiger charge is 2.26. The maximum atomic E-state index is 11.6. The number of ether oxygens (including phenoxy) is 2. The quantitative estimate of drug-likeness (QED) is 0.723. The minimum Gasteiger partial charge on any atom is -0.481 e. The molecule has 1 amide bonds. The highest BCUT2D eigenvalue weighted by atomic mass is 16.5. The molecule has 0 unspecified atom stereocenters. The second-order valence-corrected chi connectivity index (χ2v) is 3.22. The molecule has 80 valence electrons. The lowest BCUT2D eigenvalue weighted by Gasteiger charge is -2.29. The van der Waals surface area contributed by atoms with Gasteiger partial charge in [-0.15, -0.1) is 0 Å². The van der Waals surface area contributed by atoms with Crippen LogP contribution in [0.15, 0.2) is 18.2 Å². The number of anilines is 2. The first-order valence-corrected chi connectivity index (χ1v) is 4.54. The van der Waals surface area contributed by atoms with E-state index in [4.69, 9.17) is 15.2 Å². The van der Waals surface area contributed by atoms with Gasteiger partial charge < -0.3 is 15.2 Å². The molecule has 1 aliphatic rings. The van der Waals surface area contributed by atoms with Crippen molar-refractivity contribution in [2.24, 2.45) is 0 Å². The van der Waals surface area contributed by atoms with E-state index in [1.807, 2.05) is 0 Å². The van der Waals surface area contributed by atoms with Gasteiger partial charge in [0.25, 0.3) is 5.91 Å². The fourth-order valence-corrected chi connectivity index (χ4v) is 1.55. The maximum absolute atomic E-state index is 11.6. The number of nitrogens with zero attached hydrogens (tertiary/aromatic N) is 1. The van der Waals surface area contributed by atoms with Crippen LogP contribution in [0.2, 0.25) is 0 Å². The molecule has 1 aliphatic heterocycles. The molecule has 2 N–H and O–H groups in total. The molecule has 0 radical (unpaired) electrons. The first-order chi connectivity index (χ1) is 7.24. The Balaban J connectivity index is 2.45. The molecule has 1 aromatic rings. The standard InChI is InChI=1S/C10H12N2O3/c1-14-6-12-9(13)5-15-8-4-2-3-7(11)10(8)12/h2-4H,5-6,11H2,1H3. The van der Waals surface area contributed by atoms with Gasteiger partial charge in [-0.05, 0) is 12.1 Å². The number of hydrogen-bond donors (Lipinski definition) is 1. The van der Waals surface area contributed by atoms with Crippen molar-refractivity contribution in [1.82, 2.24) is 0 Å². The smallest absolute Gasteiger partial charge is 0.266 e. The van der Waals surface area contributed by atoms with Crippen LogP contribution < -0.4 is 15.4 Å². The molecular weight excluding hydrogens is 196 g/mol. The van der Waals surface area contributed by atoms with Crippen molar-refractivity contribution in [2.45, 2.75) is 0 Å². The van der Waals surface area contributed by atoms with Crippen molar-refractivity contribution in [3.63, 3.8) is 0 Å². The second-order valence-electron chi connectivity index (χ2n) is 3.22. The van der Waals surface area contributed by atoms with Gasteiger partial charge >= 0.3 is 0 Å². The van der Waals surface area contributed by atoms with E-state index in [0.717, 1.165) is 0 Å². The Bertz CT molecular complexity index is 392. The monoisotopic (exact) mass is 208 g/mol. The van der Waals surface area contributed by atoms with E-state index in [1.54, 1.807) is 18.2 Å². The molecule has 0 bridgehead atoms. The summed E-state index contributed by atoms with van der Waals surface area (Å²) in [5, 5.41) is 0. The van der Waals surface area contributed by atoms with Crippen molar-refractivity contribution >= 4 is 17.3 Å². The van der Waals surface area contributed by atoms with Gasteiger partial charge in [0.2, 0.25) is 0 Å². The predicted octanol–water partition coefficient (Wildman–Crippen LogP) is 0.598. The Morgan fingerprint density at radius 2 is 2.40 bits per heavy atom. The number of nitrogen functional groups attached to an aromatic ring is 1. The van der Waals surface area contributed by atoms with E-state index in [0.29, 0.717) is 17.1 Å². The number of nitrogens with two attached hydrogens (primary N) is 1. The molecule has 5 nitrogen and oxygen atoms in total. The topological polar surface area (TPSA) is 64.8 Å². The van der Waals surface area contributed by atoms with Crippen LogP contribution in [0.4, 0.5) is 11.4 Å². The number of carbonyl (C=O) groups excluding carboxylic acids is 1. The van der Waals surface area contributed by atoms with Gasteiger partial charge in [-0.1, -0.05) is 6.07 Å². The second kappa shape index (κ2) is 3.78. The maximum Gasteiger partial charge on any atom is 0.266 e. The van der Waals surface area contributed by atoms with E-state index < -0.39 is 0 Å². The molecule has 5 heteroatoms. The summed E-state index contributed by atoms with van der Waals surface area (Å²) in [6.07, 6.45) is 0. The normalized spacial score (nSPS) is 14.7. The lowest BCUT2D eigenvalue weighted by atomic mass is 10.2. The Kier molecular flexibility index (Phi) is 2.47. The zero-order chi connectivity index (χ0) is 10.8. The molecule has 0 spiro atoms. The van der Waals surface area contributed by atoms with Gasteiger partial charge in [-0.25, -0.2) is 0 Å². The van der Waals surface area contributed by atoms with Crippen LogP contribution in [0.25, 0.3) is 0 Å². The van der Waals surface area contributed by atoms with E-state index in [-0.39, 0.29) is 19.2 Å². The molecule has 0 saturated carbocycles. The lowest BCUT2D eigenvalue weighted by Crippen LogP contribution is -2.40. The van der Waals surface area contributed by atoms with Crippen molar-refractivity contribution in [1.29, 1.82) is 0 Å². The van der Waals surface area contributed by atoms with E-state index in [9.17, 15) is 4.79 Å². The third-order valence-corrected chi connectivity index (χ3v) is 2.21. The zero-order valence-corrected chi connectivity index (χ0v) is 8.40. The van der Waals surface area contributed by atoms with Gasteiger partial charge in [0.1, 0.15) is 18.2 Å². The van der Waals surface area contributed by atoms with Crippen LogP contribution in [0.1, 0.15) is 0 Å². The summed E-state index contributed by atoms with van der Waals surface area (Å²) < 4.78 is 10.2. The van der Waals surface area contributed by atoms with Crippen molar-refractivity contribution in [3.05, 3.63) is 18.2 Å². The summed E-state index contributed by atoms with van der Waals surface area (Å²) >= 11 is 0. The fourth-order valence-electron chi connectivity index (χ4n) is 1.55. The summed E-state index contributed by atoms with van der Waals surface area (Å²) in [7, 11) is 1.53. The zero-order valence-electron chi connectivity index (χ0n) is 8.40. The summed E-state index contributed by atoms with van der Waals surface area (Å²) in [4.78, 5) is 13.0. The summed E-state index contributed by atoms with van der Waals surface area (Å²) in [6, 6.07) is 5.29. The number of benzene rings is 1. The summed E-state index contributed by atoms with van der Waals surface area (Å²) in [5.41, 5.74) is 6.90. The lowest BCUT2D eigenvalue weighted by molar-refractivity contribution is -0.122. The van der Waals surface area contributed by atoms with Crippen molar-refractivity contribution in [2.75, 3.05) is 31.1 Å². The molecule has 0 aromatic heterocycles. The van der Waals surface area contributed by atoms with Crippen LogP contribution in [0, 0.1) is 0 Å². The number of methoxy groups -OCH3 is 1. The highest BCUT2D eigenvalue weighted by molar-refractivity contribution is 6.00. The number of fused-ring (bicyclic) bond motifs is 1. The number of carbonyl (C=O) groups is 1. The molecule has 2 rings (SSSR count). The summed E-state index contributed by atoms with van der Waals surface area (Å²) in [6.45, 7) is 0.212. The molecule has 15 heavy (non-hydrogen) atoms. The minimum atomic E-state index is -0.151. The van der Waals surface area contributed by atoms with Crippen LogP contribution in [-0.2, 0) is 9.53 Å². The first-order valence-electron chi connectivity index (χ1n) is 4.54. The fraction of sp³-hybridized carbons (Fsp3) is 0.300. The van der Waals surface area contributed by atoms with E-state index in [2.05, 4.69) is 0 Å². The Morgan fingerprint density at radius 1 is 1.60 bits per heavy atom. The van der Waals surface area contributed by atoms with E-state index >= 15 is 0 Å². The number of amides is 1. The number of rotatable bonds is 2. The molecule has 1 heterocycles. The third-order valence-electron chi connectivity index (χ3n) is 2.21. The molecule has 1 aromatic carbocycles. The molecule has 0 fully saturated rings. The first kappa shape index (κ1) is 9.79. The Hall–Kier alpha value is -1.75. The molecule has 0 aliphatic carbocycles. The van der Waals surface area contributed by atoms with Gasteiger partial charge in [-0.2, -0.15) is 0 Å². The Morgan fingerprint density at radius 3 is 3.13 bits per heavy atom. The summed E-state index contributed by atoms with van der Waals surface area (Å²) in [5.74, 6) is 0.467. The largest absolute Gasteiger partial charge is 0.481 e. The van der Waals surface area contributed by atoms with Crippen LogP contribution >= 0.6 is 0 Å². The van der Waals surface area contributed by atoms with Gasteiger partial charge in [0.05, 0.1) is 5.69 Å². The predicted molar refractivity (Wildman–Crippen MR) is 55.7 cm³/mol. The SMILES string of the molecule is COCN1C(=O)COc2cccc(N)c21. The number of para-hydroxylation sites is 1. The average Bonchev–Trinajstić information content (AvgIpc) is 2.23. The van der Waals surface area contributed by atoms with Crippen molar-refractivity contribution in [3.8, 4) is 5.75 Å². The molecule has 0 atom stereocenters. The van der Waals surface area contributed by atoms with Crippen LogP contribution in [0.5, 0.6) is 5.75 Å². The van der Waals surface area contributed by atoms with Gasteiger partial charge in [0, 0.05) is 7.11 Å². The number of hydrogen-bond acceptors (Lipinski definition) is 4. The van der Waals surface area contributed by atoms with Crippen LogP contribution in [-0.4, -0.2) is 26.4 Å².